The van der Waals surface area contributed by atoms with E-state index in [1.165, 1.54) is 0 Å². The fourth-order valence-corrected chi connectivity index (χ4v) is 1080. The van der Waals surface area contributed by atoms with E-state index in [-0.39, 0.29) is 0 Å². The molecule has 88 heavy (non-hydrogen) atoms. The minimum Gasteiger partial charge on any atom is -0.179 e. The van der Waals surface area contributed by atoms with Crippen molar-refractivity contribution in [2.45, 2.75) is 52.4 Å². The van der Waals surface area contributed by atoms with Crippen LogP contribution in [-0.2, 0) is 0 Å². The molecule has 0 bridgehead atoms. The molecule has 0 fully saturated rings. The molecule has 0 atom stereocenters. The largest absolute Gasteiger partial charge is 0.299 e. The lowest BCUT2D eigenvalue weighted by atomic mass is 11.9. The molecule has 0 unspecified atom stereocenters. The third-order valence-electron chi connectivity index (χ3n) is 17.4. The minimum absolute atomic E-state index is 1.02. The maximum absolute atomic E-state index is 3.23. The second-order valence-corrected chi connectivity index (χ2v) is 302. The third kappa shape index (κ3) is 20.9. The molecular weight excluding hydrogens is 1960 g/mol. The van der Waals surface area contributed by atoms with Gasteiger partial charge in [-0.2, -0.15) is 359 Å². The van der Waals surface area contributed by atoms with E-state index in [0.717, 1.165) is 0 Å². The van der Waals surface area contributed by atoms with Crippen molar-refractivity contribution < 1.29 is 0 Å². The maximum atomic E-state index is 3.23. The predicted molar refractivity (Wildman–Crippen MR) is 571 cm³/mol. The number of hydrogen-bond acceptors (Lipinski definition) is 32. The highest BCUT2D eigenvalue weighted by molar-refractivity contribution is 9.13. The molecule has 0 N–H and O–H groups in total. The van der Waals surface area contributed by atoms with Crippen molar-refractivity contribution in [1.29, 1.82) is 0 Å². The SMILES string of the molecule is CS[Si](C)(SC)[Si](C)(C)[Si](C)(SC)SC.CS[Si](SC)(SC)SC.CS[Si](SC)(SC)[Si](C)(C)[Si](SC)(SC)SC.CS[Si](SC)(SC)[Si]([Si](SC)(SC)SC)([Si](SC)(SC)SC)[Si](C)(C)[Si]([Si](SC)(SC)SC)([Si](SC)(SC)SC)[Si](SC)(SC)SC. The highest BCUT2D eigenvalue weighted by Gasteiger charge is 2.94. The Bertz CT molecular complexity index is 1550. The van der Waals surface area contributed by atoms with Crippen LogP contribution in [0.25, 0.3) is 0 Å². The van der Waals surface area contributed by atoms with E-state index in [1.54, 1.807) is 0 Å². The Hall–Kier alpha value is 14.7. The van der Waals surface area contributed by atoms with Gasteiger partial charge in [-0.15, -0.1) is 0 Å². The summed E-state index contributed by atoms with van der Waals surface area (Å²) in [5.41, 5.74) is 0. The van der Waals surface area contributed by atoms with E-state index in [4.69, 9.17) is 0 Å². The van der Waals surface area contributed by atoms with Gasteiger partial charge in [0, 0.05) is 7.11 Å². The Morgan fingerprint density at radius 1 is 0.125 bits per heavy atom. The van der Waals surface area contributed by atoms with Crippen molar-refractivity contribution in [3.8, 4) is 0 Å². The lowest BCUT2D eigenvalue weighted by molar-refractivity contribution is 1.97. The summed E-state index contributed by atoms with van der Waals surface area (Å²) >= 11 is 74.8. The van der Waals surface area contributed by atoms with E-state index < -0.39 is 90.4 Å². The highest BCUT2D eigenvalue weighted by Crippen LogP contribution is 2.75. The van der Waals surface area contributed by atoms with Crippen molar-refractivity contribution in [2.24, 2.45) is 0 Å². The van der Waals surface area contributed by atoms with Gasteiger partial charge in [0.15, 0.2) is 11.8 Å². The molecule has 0 rings (SSSR count). The molecule has 0 aliphatic rings. The lowest BCUT2D eigenvalue weighted by Crippen LogP contribution is -3.05. The van der Waals surface area contributed by atoms with Crippen LogP contribution >= 0.6 is 359 Å². The smallest absolute Gasteiger partial charge is 0.179 e. The van der Waals surface area contributed by atoms with Gasteiger partial charge in [0.25, 0.3) is 4.67 Å². The van der Waals surface area contributed by atoms with Crippen molar-refractivity contribution in [3.63, 3.8) is 0 Å². The first-order valence-electron chi connectivity index (χ1n) is 26.6. The third-order valence-corrected chi connectivity index (χ3v) is 635. The molecular formula is C40H120S32Si16. The first kappa shape index (κ1) is 109. The number of rotatable bonds is 44. The molecule has 0 saturated carbocycles. The van der Waals surface area contributed by atoms with E-state index in [2.05, 4.69) is 566 Å². The summed E-state index contributed by atoms with van der Waals surface area (Å²) in [4.78, 5) is 0. The van der Waals surface area contributed by atoms with E-state index in [0.29, 0.717) is 0 Å². The predicted octanol–water partition coefficient (Wildman–Crippen LogP) is 24.6. The zero-order chi connectivity index (χ0) is 70.6. The van der Waals surface area contributed by atoms with Gasteiger partial charge in [0.05, 0.1) is 7.11 Å². The van der Waals surface area contributed by atoms with Crippen LogP contribution in [0, 0.1) is 0 Å². The van der Waals surface area contributed by atoms with Gasteiger partial charge < -0.3 is 0 Å². The van der Waals surface area contributed by atoms with Crippen LogP contribution < -0.4 is 0 Å². The van der Waals surface area contributed by atoms with Gasteiger partial charge >= 0.3 is 0 Å². The highest BCUT2D eigenvalue weighted by atomic mass is 32.9. The van der Waals surface area contributed by atoms with Crippen molar-refractivity contribution in [1.82, 2.24) is 0 Å². The maximum Gasteiger partial charge on any atom is 0.299 e. The summed E-state index contributed by atoms with van der Waals surface area (Å²) in [5.74, 6) is -2.22. The molecule has 536 valence electrons. The molecule has 0 aromatic rings. The average molecular weight is 2080 g/mol. The molecule has 0 nitrogen and oxygen atoms in total. The summed E-state index contributed by atoms with van der Waals surface area (Å²) in [6.07, 6.45) is 75.0. The Morgan fingerprint density at radius 3 is 0.330 bits per heavy atom. The second-order valence-electron chi connectivity index (χ2n) is 19.7. The molecule has 0 aliphatic carbocycles. The first-order valence-corrected chi connectivity index (χ1v) is 137. The van der Waals surface area contributed by atoms with Crippen LogP contribution in [0.15, 0.2) is 0 Å². The standard InChI is InChI=1S/C20H60S18Si9.C8H24S6Si3.C8H24S4Si3.C4H12S4Si/c1-21-40(22-2,23-3)46(41(24-4,25-5)26-6,42(27-7,28-8)29-9)39(19,20)47(43(30-10,31-11)32-12,44(33-13,34-14)35-15)45(36-16,37-17)38-18;1-9-16(10-2,11-3)15(7,8)17(12-4,13-5)14-6;1-9-14(7,10-2)13(5,6)15(8,11-3)12-4;1-5-9(6-2,7-3)8-4/h1-20H3;1-8H3;1-8H3;1-4H3. The molecule has 0 radical (unpaired) electrons. The molecule has 0 amide bonds. The van der Waals surface area contributed by atoms with Crippen LogP contribution in [-0.4, -0.2) is 291 Å². The van der Waals surface area contributed by atoms with Crippen LogP contribution in [0.1, 0.15) is 0 Å². The summed E-state index contributed by atoms with van der Waals surface area (Å²) in [6.45, 7) is 22.3. The van der Waals surface area contributed by atoms with Crippen LogP contribution in [0.2, 0.25) is 52.4 Å². The molecule has 0 spiro atoms. The van der Waals surface area contributed by atoms with Crippen LogP contribution in [0.3, 0.4) is 0 Å². The normalized spacial score (nSPS) is 14.5. The van der Waals surface area contributed by atoms with Gasteiger partial charge in [0.1, 0.15) is 19.4 Å². The zero-order valence-corrected chi connectivity index (χ0v) is 103. The lowest BCUT2D eigenvalue weighted by Gasteiger charge is -2.73. The minimum atomic E-state index is -2.21. The Labute approximate surface area is 688 Å². The monoisotopic (exact) mass is 2070 g/mol. The zero-order valence-electron chi connectivity index (χ0n) is 61.1. The Balaban J connectivity index is -0.000000689. The Morgan fingerprint density at radius 2 is 0.250 bits per heavy atom. The van der Waals surface area contributed by atoms with Crippen molar-refractivity contribution >= 4 is 449 Å². The van der Waals surface area contributed by atoms with Gasteiger partial charge in [-0.1, -0.05) is 52.4 Å². The quantitative estimate of drug-likeness (QED) is 0.0531. The fourth-order valence-electron chi connectivity index (χ4n) is 12.3. The van der Waals surface area contributed by atoms with E-state index in [9.17, 15) is 0 Å². The summed E-state index contributed by atoms with van der Waals surface area (Å²) in [7, 11) is -4.47. The van der Waals surface area contributed by atoms with Gasteiger partial charge in [0.2, 0.25) is 40.3 Å². The molecule has 0 aromatic carbocycles. The van der Waals surface area contributed by atoms with Crippen molar-refractivity contribution in [3.05, 3.63) is 0 Å². The van der Waals surface area contributed by atoms with Crippen molar-refractivity contribution in [2.75, 3.05) is 200 Å². The number of hydrogen-bond donors (Lipinski definition) is 0. The fraction of sp³-hybridized carbons (Fsp3) is 1.00. The van der Waals surface area contributed by atoms with Crippen LogP contribution in [0.5, 0.6) is 0 Å². The molecule has 48 heteroatoms. The average Bonchev–Trinajstić information content (AvgIpc) is 0.827. The van der Waals surface area contributed by atoms with E-state index >= 15 is 0 Å². The summed E-state index contributed by atoms with van der Waals surface area (Å²) < 4.78 is -1.02. The summed E-state index contributed by atoms with van der Waals surface area (Å²) in [6, 6.07) is 0. The first-order chi connectivity index (χ1) is 40.9. The summed E-state index contributed by atoms with van der Waals surface area (Å²) in [5, 5.41) is -14.6. The molecule has 0 aliphatic heterocycles. The Kier molecular flexibility index (Phi) is 62.7. The molecule has 0 aromatic heterocycles. The van der Waals surface area contributed by atoms with Gasteiger partial charge in [-0.25, -0.2) is 0 Å². The second kappa shape index (κ2) is 50.6. The van der Waals surface area contributed by atoms with Crippen LogP contribution in [0.4, 0.5) is 0 Å². The molecule has 0 saturated heterocycles. The molecule has 0 heterocycles. The van der Waals surface area contributed by atoms with Gasteiger partial charge in [-0.05, 0) is 200 Å². The topological polar surface area (TPSA) is 0 Å². The van der Waals surface area contributed by atoms with E-state index in [1.807, 2.05) is 44.8 Å². The van der Waals surface area contributed by atoms with Gasteiger partial charge in [-0.3, -0.25) is 0 Å².